The van der Waals surface area contributed by atoms with Crippen molar-refractivity contribution in [2.24, 2.45) is 0 Å². The minimum absolute atomic E-state index is 1.20. The molecule has 1 nitrogen and oxygen atoms in total. The molecule has 0 saturated carbocycles. The predicted molar refractivity (Wildman–Crippen MR) is 108 cm³/mol. The van der Waals surface area contributed by atoms with Gasteiger partial charge in [0.2, 0.25) is 0 Å². The van der Waals surface area contributed by atoms with Gasteiger partial charge in [-0.15, -0.1) is 0 Å². The first-order chi connectivity index (χ1) is 12.4. The molecule has 1 N–H and O–H groups in total. The molecule has 6 aromatic rings. The number of hydrogen-bond donors (Lipinski definition) is 1. The van der Waals surface area contributed by atoms with E-state index in [0.717, 1.165) is 0 Å². The highest BCUT2D eigenvalue weighted by Gasteiger charge is 2.10. The second kappa shape index (κ2) is 4.61. The van der Waals surface area contributed by atoms with Crippen LogP contribution in [0.15, 0.2) is 84.9 Å². The summed E-state index contributed by atoms with van der Waals surface area (Å²) >= 11 is 0. The SMILES string of the molecule is c1ccc2c(c1)ccc1c2ccc2c1ccc1c3ccccc3[nH]c12. The van der Waals surface area contributed by atoms with Crippen LogP contribution in [0.4, 0.5) is 0 Å². The van der Waals surface area contributed by atoms with Gasteiger partial charge in [0.15, 0.2) is 0 Å². The summed E-state index contributed by atoms with van der Waals surface area (Å²) in [6.45, 7) is 0. The molecule has 0 aliphatic rings. The van der Waals surface area contributed by atoms with Crippen LogP contribution in [0.25, 0.3) is 54.1 Å². The van der Waals surface area contributed by atoms with Crippen molar-refractivity contribution in [3.63, 3.8) is 0 Å². The van der Waals surface area contributed by atoms with E-state index in [4.69, 9.17) is 0 Å². The molecule has 0 unspecified atom stereocenters. The fourth-order valence-corrected chi connectivity index (χ4v) is 4.22. The summed E-state index contributed by atoms with van der Waals surface area (Å²) in [5.41, 5.74) is 2.43. The normalized spacial score (nSPS) is 12.0. The molecule has 0 aliphatic carbocycles. The monoisotopic (exact) mass is 317 g/mol. The van der Waals surface area contributed by atoms with Crippen LogP contribution in [-0.4, -0.2) is 4.98 Å². The largest absolute Gasteiger partial charge is 0.354 e. The van der Waals surface area contributed by atoms with Crippen molar-refractivity contribution in [1.82, 2.24) is 4.98 Å². The summed E-state index contributed by atoms with van der Waals surface area (Å²) in [6, 6.07) is 30.7. The van der Waals surface area contributed by atoms with E-state index >= 15 is 0 Å². The zero-order chi connectivity index (χ0) is 16.4. The number of aromatic nitrogens is 1. The van der Waals surface area contributed by atoms with Gasteiger partial charge < -0.3 is 4.98 Å². The minimum atomic E-state index is 1.20. The van der Waals surface area contributed by atoms with E-state index in [1.165, 1.54) is 54.1 Å². The quantitative estimate of drug-likeness (QED) is 0.297. The third-order valence-electron chi connectivity index (χ3n) is 5.40. The zero-order valence-electron chi connectivity index (χ0n) is 13.6. The number of hydrogen-bond acceptors (Lipinski definition) is 0. The molecule has 1 heteroatoms. The summed E-state index contributed by atoms with van der Waals surface area (Å²) in [5, 5.41) is 10.4. The van der Waals surface area contributed by atoms with E-state index in [9.17, 15) is 0 Å². The summed E-state index contributed by atoms with van der Waals surface area (Å²) in [6.07, 6.45) is 0. The summed E-state index contributed by atoms with van der Waals surface area (Å²) in [5.74, 6) is 0. The Hall–Kier alpha value is -3.32. The van der Waals surface area contributed by atoms with Gasteiger partial charge >= 0.3 is 0 Å². The van der Waals surface area contributed by atoms with Gasteiger partial charge in [0.25, 0.3) is 0 Å². The van der Waals surface area contributed by atoms with E-state index < -0.39 is 0 Å². The molecule has 0 radical (unpaired) electrons. The molecule has 0 bridgehead atoms. The molecule has 25 heavy (non-hydrogen) atoms. The van der Waals surface area contributed by atoms with Crippen molar-refractivity contribution in [2.45, 2.75) is 0 Å². The number of fused-ring (bicyclic) bond motifs is 9. The lowest BCUT2D eigenvalue weighted by Gasteiger charge is -2.08. The van der Waals surface area contributed by atoms with E-state index in [-0.39, 0.29) is 0 Å². The van der Waals surface area contributed by atoms with Gasteiger partial charge in [-0.25, -0.2) is 0 Å². The Kier molecular flexibility index (Phi) is 2.40. The third-order valence-corrected chi connectivity index (χ3v) is 5.40. The van der Waals surface area contributed by atoms with E-state index in [1.54, 1.807) is 0 Å². The van der Waals surface area contributed by atoms with Crippen LogP contribution >= 0.6 is 0 Å². The maximum Gasteiger partial charge on any atom is 0.0544 e. The van der Waals surface area contributed by atoms with E-state index in [0.29, 0.717) is 0 Å². The third kappa shape index (κ3) is 1.67. The van der Waals surface area contributed by atoms with Crippen molar-refractivity contribution >= 4 is 54.1 Å². The van der Waals surface area contributed by atoms with Crippen molar-refractivity contribution in [3.8, 4) is 0 Å². The minimum Gasteiger partial charge on any atom is -0.354 e. The molecule has 0 saturated heterocycles. The highest BCUT2D eigenvalue weighted by Crippen LogP contribution is 2.36. The number of H-pyrrole nitrogens is 1. The van der Waals surface area contributed by atoms with E-state index in [1.807, 2.05) is 0 Å². The molecule has 0 aliphatic heterocycles. The highest BCUT2D eigenvalue weighted by atomic mass is 14.7. The van der Waals surface area contributed by atoms with Crippen molar-refractivity contribution < 1.29 is 0 Å². The first-order valence-electron chi connectivity index (χ1n) is 8.64. The average Bonchev–Trinajstić information content (AvgIpc) is 3.06. The first kappa shape index (κ1) is 13.0. The van der Waals surface area contributed by atoms with Crippen LogP contribution < -0.4 is 0 Å². The van der Waals surface area contributed by atoms with Crippen LogP contribution in [0.5, 0.6) is 0 Å². The number of para-hydroxylation sites is 1. The maximum absolute atomic E-state index is 3.62. The van der Waals surface area contributed by atoms with Gasteiger partial charge in [-0.05, 0) is 33.0 Å². The van der Waals surface area contributed by atoms with Crippen molar-refractivity contribution in [1.29, 1.82) is 0 Å². The van der Waals surface area contributed by atoms with Crippen LogP contribution in [0.1, 0.15) is 0 Å². The molecule has 1 heterocycles. The summed E-state index contributed by atoms with van der Waals surface area (Å²) in [7, 11) is 0. The van der Waals surface area contributed by atoms with Gasteiger partial charge in [0.05, 0.1) is 5.52 Å². The predicted octanol–water partition coefficient (Wildman–Crippen LogP) is 6.78. The number of rotatable bonds is 0. The highest BCUT2D eigenvalue weighted by molar-refractivity contribution is 6.24. The van der Waals surface area contributed by atoms with E-state index in [2.05, 4.69) is 89.9 Å². The molecule has 5 aromatic carbocycles. The fourth-order valence-electron chi connectivity index (χ4n) is 4.22. The Labute approximate surface area is 144 Å². The summed E-state index contributed by atoms with van der Waals surface area (Å²) < 4.78 is 0. The van der Waals surface area contributed by atoms with Gasteiger partial charge in [0.1, 0.15) is 0 Å². The molecule has 6 rings (SSSR count). The van der Waals surface area contributed by atoms with Crippen LogP contribution in [0.2, 0.25) is 0 Å². The topological polar surface area (TPSA) is 15.8 Å². The van der Waals surface area contributed by atoms with Gasteiger partial charge in [-0.1, -0.05) is 78.9 Å². The molecule has 1 aromatic heterocycles. The number of nitrogens with one attached hydrogen (secondary N) is 1. The molecule has 116 valence electrons. The van der Waals surface area contributed by atoms with Gasteiger partial charge in [0, 0.05) is 21.7 Å². The smallest absolute Gasteiger partial charge is 0.0544 e. The Morgan fingerprint density at radius 2 is 0.960 bits per heavy atom. The van der Waals surface area contributed by atoms with Crippen LogP contribution in [-0.2, 0) is 0 Å². The molecule has 0 atom stereocenters. The van der Waals surface area contributed by atoms with Crippen LogP contribution in [0, 0.1) is 0 Å². The molecule has 0 amide bonds. The number of aromatic amines is 1. The van der Waals surface area contributed by atoms with Gasteiger partial charge in [-0.3, -0.25) is 0 Å². The first-order valence-corrected chi connectivity index (χ1v) is 8.64. The second-order valence-corrected chi connectivity index (χ2v) is 6.70. The Morgan fingerprint density at radius 1 is 0.400 bits per heavy atom. The lowest BCUT2D eigenvalue weighted by molar-refractivity contribution is 1.56. The van der Waals surface area contributed by atoms with Crippen molar-refractivity contribution in [3.05, 3.63) is 84.9 Å². The molecular formula is C24H15N. The average molecular weight is 317 g/mol. The van der Waals surface area contributed by atoms with Crippen LogP contribution in [0.3, 0.4) is 0 Å². The Morgan fingerprint density at radius 3 is 1.84 bits per heavy atom. The Balaban J connectivity index is 1.84. The zero-order valence-corrected chi connectivity index (χ0v) is 13.6. The second-order valence-electron chi connectivity index (χ2n) is 6.70. The lowest BCUT2D eigenvalue weighted by Crippen LogP contribution is -1.82. The lowest BCUT2D eigenvalue weighted by atomic mass is 9.96. The standard InChI is InChI=1S/C24H15N/c1-2-6-16-15(5-1)9-10-18-17(16)11-13-21-19(18)12-14-22-20-7-3-4-8-23(20)25-24(21)22/h1-14,25H. The summed E-state index contributed by atoms with van der Waals surface area (Å²) in [4.78, 5) is 3.62. The molecular weight excluding hydrogens is 302 g/mol. The van der Waals surface area contributed by atoms with Gasteiger partial charge in [-0.2, -0.15) is 0 Å². The maximum atomic E-state index is 3.62. The fraction of sp³-hybridized carbons (Fsp3) is 0. The Bertz CT molecular complexity index is 1440. The molecule has 0 spiro atoms. The molecule has 0 fully saturated rings. The number of benzene rings is 5. The van der Waals surface area contributed by atoms with Crippen molar-refractivity contribution in [2.75, 3.05) is 0 Å².